The Kier molecular flexibility index (Phi) is 6.40. The summed E-state index contributed by atoms with van der Waals surface area (Å²) in [6, 6.07) is 0.808. The third kappa shape index (κ3) is 4.50. The lowest BCUT2D eigenvalue weighted by atomic mass is 10.1. The molecule has 2 aromatic heterocycles. The summed E-state index contributed by atoms with van der Waals surface area (Å²) in [5.41, 5.74) is -0.147. The van der Waals surface area contributed by atoms with Gasteiger partial charge in [-0.1, -0.05) is 23.2 Å². The van der Waals surface area contributed by atoms with Crippen LogP contribution in [0, 0.1) is 12.7 Å². The van der Waals surface area contributed by atoms with Crippen molar-refractivity contribution in [3.63, 3.8) is 0 Å². The van der Waals surface area contributed by atoms with E-state index in [1.807, 2.05) is 0 Å². The van der Waals surface area contributed by atoms with Crippen LogP contribution in [0.4, 0.5) is 10.2 Å². The van der Waals surface area contributed by atoms with E-state index in [0.29, 0.717) is 11.5 Å². The first kappa shape index (κ1) is 19.2. The van der Waals surface area contributed by atoms with E-state index in [4.69, 9.17) is 27.9 Å². The lowest BCUT2D eigenvalue weighted by Gasteiger charge is -2.08. The molecule has 0 spiro atoms. The van der Waals surface area contributed by atoms with Crippen LogP contribution in [0.25, 0.3) is 0 Å². The van der Waals surface area contributed by atoms with Crippen molar-refractivity contribution in [3.05, 3.63) is 45.2 Å². The molecule has 11 heteroatoms. The highest BCUT2D eigenvalue weighted by atomic mass is 35.5. The molecule has 0 aliphatic heterocycles. The predicted molar refractivity (Wildman–Crippen MR) is 91.5 cm³/mol. The molecule has 0 atom stereocenters. The number of hydrogen-bond donors (Lipinski definition) is 1. The Morgan fingerprint density at radius 3 is 2.68 bits per heavy atom. The Bertz CT molecular complexity index is 857. The number of nitrogens with zero attached hydrogens (tertiary/aromatic N) is 3. The molecule has 0 unspecified atom stereocenters. The Morgan fingerprint density at radius 1 is 1.36 bits per heavy atom. The molecule has 2 aromatic rings. The third-order valence-corrected chi connectivity index (χ3v) is 4.05. The quantitative estimate of drug-likeness (QED) is 0.197. The number of anilines is 1. The second-order valence-electron chi connectivity index (χ2n) is 4.55. The number of aryl methyl sites for hydroxylation is 1. The fourth-order valence-electron chi connectivity index (χ4n) is 1.68. The molecular formula is C14H11Cl2FN4O3S. The van der Waals surface area contributed by atoms with Gasteiger partial charge in [0.1, 0.15) is 10.7 Å². The largest absolute Gasteiger partial charge is 0.462 e. The summed E-state index contributed by atoms with van der Waals surface area (Å²) in [5.74, 6) is -2.36. The number of Topliss-reactive ketones (excluding diaryl/α,β-unsaturated/α-hetero) is 1. The molecule has 132 valence electrons. The molecule has 0 amide bonds. The van der Waals surface area contributed by atoms with Crippen molar-refractivity contribution in [3.8, 4) is 0 Å². The molecule has 0 fully saturated rings. The molecule has 1 N–H and O–H groups in total. The maximum Gasteiger partial charge on any atom is 0.343 e. The van der Waals surface area contributed by atoms with E-state index < -0.39 is 28.3 Å². The predicted octanol–water partition coefficient (Wildman–Crippen LogP) is 3.43. The van der Waals surface area contributed by atoms with Gasteiger partial charge in [0.15, 0.2) is 16.8 Å². The van der Waals surface area contributed by atoms with Gasteiger partial charge in [-0.05, 0) is 19.9 Å². The van der Waals surface area contributed by atoms with Crippen molar-refractivity contribution in [1.29, 1.82) is 0 Å². The van der Waals surface area contributed by atoms with Crippen LogP contribution < -0.4 is 5.32 Å². The van der Waals surface area contributed by atoms with Crippen LogP contribution >= 0.6 is 34.9 Å². The zero-order valence-corrected chi connectivity index (χ0v) is 15.3. The number of rotatable bonds is 6. The van der Waals surface area contributed by atoms with Gasteiger partial charge in [-0.15, -0.1) is 0 Å². The molecular weight excluding hydrogens is 394 g/mol. The Hall–Kier alpha value is -2.10. The smallest absolute Gasteiger partial charge is 0.343 e. The Labute approximate surface area is 156 Å². The van der Waals surface area contributed by atoms with Crippen LogP contribution in [0.2, 0.25) is 10.3 Å². The van der Waals surface area contributed by atoms with Gasteiger partial charge in [0.2, 0.25) is 5.78 Å². The number of carbonyl (C=O) groups is 2. The average Bonchev–Trinajstić information content (AvgIpc) is 2.96. The summed E-state index contributed by atoms with van der Waals surface area (Å²) in [6.45, 7) is 3.32. The van der Waals surface area contributed by atoms with Crippen molar-refractivity contribution in [1.82, 2.24) is 13.7 Å². The van der Waals surface area contributed by atoms with E-state index in [2.05, 4.69) is 19.0 Å². The first-order chi connectivity index (χ1) is 11.8. The fourth-order valence-corrected chi connectivity index (χ4v) is 2.60. The van der Waals surface area contributed by atoms with E-state index in [9.17, 15) is 14.0 Å². The van der Waals surface area contributed by atoms with Gasteiger partial charge in [0, 0.05) is 6.20 Å². The van der Waals surface area contributed by atoms with Gasteiger partial charge >= 0.3 is 5.97 Å². The summed E-state index contributed by atoms with van der Waals surface area (Å²) in [6.07, 6.45) is 1.10. The highest BCUT2D eigenvalue weighted by molar-refractivity contribution is 6.99. The van der Waals surface area contributed by atoms with Crippen LogP contribution in [0.1, 0.15) is 23.0 Å². The lowest BCUT2D eigenvalue weighted by Crippen LogP contribution is -2.18. The number of ketones is 1. The van der Waals surface area contributed by atoms with E-state index in [1.165, 1.54) is 0 Å². The number of ether oxygens (including phenoxy) is 1. The average molecular weight is 405 g/mol. The van der Waals surface area contributed by atoms with E-state index in [0.717, 1.165) is 24.0 Å². The van der Waals surface area contributed by atoms with E-state index in [-0.39, 0.29) is 17.3 Å². The molecule has 0 aliphatic carbocycles. The van der Waals surface area contributed by atoms with Gasteiger partial charge in [0.25, 0.3) is 0 Å². The van der Waals surface area contributed by atoms with Crippen molar-refractivity contribution in [2.75, 3.05) is 11.9 Å². The second kappa shape index (κ2) is 8.32. The van der Waals surface area contributed by atoms with Crippen molar-refractivity contribution < 1.29 is 18.7 Å². The van der Waals surface area contributed by atoms with Crippen LogP contribution in [-0.2, 0) is 9.53 Å². The van der Waals surface area contributed by atoms with Crippen molar-refractivity contribution in [2.24, 2.45) is 0 Å². The number of pyridine rings is 1. The molecule has 2 heterocycles. The molecule has 0 saturated heterocycles. The molecule has 7 nitrogen and oxygen atoms in total. The van der Waals surface area contributed by atoms with Gasteiger partial charge in [-0.25, -0.2) is 14.2 Å². The zero-order chi connectivity index (χ0) is 18.6. The van der Waals surface area contributed by atoms with Gasteiger partial charge in [-0.2, -0.15) is 8.75 Å². The fraction of sp³-hybridized carbons (Fsp3) is 0.214. The Morgan fingerprint density at radius 2 is 2.08 bits per heavy atom. The molecule has 25 heavy (non-hydrogen) atoms. The zero-order valence-electron chi connectivity index (χ0n) is 13.0. The summed E-state index contributed by atoms with van der Waals surface area (Å²) in [4.78, 5) is 28.2. The first-order valence-electron chi connectivity index (χ1n) is 6.84. The monoisotopic (exact) mass is 404 g/mol. The minimum atomic E-state index is -0.940. The van der Waals surface area contributed by atoms with Crippen molar-refractivity contribution >= 4 is 52.5 Å². The summed E-state index contributed by atoms with van der Waals surface area (Å²) >= 11 is 12.3. The maximum absolute atomic E-state index is 13.6. The minimum absolute atomic E-state index is 0.0434. The van der Waals surface area contributed by atoms with Crippen molar-refractivity contribution in [2.45, 2.75) is 13.8 Å². The topological polar surface area (TPSA) is 94.1 Å². The summed E-state index contributed by atoms with van der Waals surface area (Å²) in [7, 11) is 0. The molecule has 0 aliphatic rings. The van der Waals surface area contributed by atoms with E-state index >= 15 is 0 Å². The molecule has 0 saturated carbocycles. The SMILES string of the molecule is CCOC(=O)/C(=C\Nc1nsnc1C)C(=O)c1cc(F)c(Cl)nc1Cl. The third-order valence-electron chi connectivity index (χ3n) is 2.88. The number of aromatic nitrogens is 3. The molecule has 0 aromatic carbocycles. The van der Waals surface area contributed by atoms with Crippen LogP contribution in [0.15, 0.2) is 17.8 Å². The number of hydrogen-bond acceptors (Lipinski definition) is 8. The minimum Gasteiger partial charge on any atom is -0.462 e. The molecule has 0 bridgehead atoms. The lowest BCUT2D eigenvalue weighted by molar-refractivity contribution is -0.138. The number of carbonyl (C=O) groups excluding carboxylic acids is 2. The van der Waals surface area contributed by atoms with Crippen LogP contribution in [-0.4, -0.2) is 32.1 Å². The summed E-state index contributed by atoms with van der Waals surface area (Å²) in [5, 5.41) is 1.88. The highest BCUT2D eigenvalue weighted by Gasteiger charge is 2.25. The standard InChI is InChI=1S/C14H11Cl2FN4O3S/c1-3-24-14(23)8(5-18-13-6(2)20-25-21-13)10(22)7-4-9(17)12(16)19-11(7)15/h4-5H,3H2,1-2H3,(H,18,21)/b8-5-. The normalized spacial score (nSPS) is 11.3. The highest BCUT2D eigenvalue weighted by Crippen LogP contribution is 2.23. The van der Waals surface area contributed by atoms with E-state index in [1.54, 1.807) is 13.8 Å². The first-order valence-corrected chi connectivity index (χ1v) is 8.33. The van der Waals surface area contributed by atoms with Gasteiger partial charge < -0.3 is 10.1 Å². The number of esters is 1. The second-order valence-corrected chi connectivity index (χ2v) is 5.79. The maximum atomic E-state index is 13.6. The summed E-state index contributed by atoms with van der Waals surface area (Å²) < 4.78 is 26.4. The number of halogens is 3. The molecule has 2 rings (SSSR count). The molecule has 0 radical (unpaired) electrons. The van der Waals surface area contributed by atoms with Crippen LogP contribution in [0.3, 0.4) is 0 Å². The Balaban J connectivity index is 2.41. The van der Waals surface area contributed by atoms with Gasteiger partial charge in [0.05, 0.1) is 29.6 Å². The number of nitrogens with one attached hydrogen (secondary N) is 1. The van der Waals surface area contributed by atoms with Crippen LogP contribution in [0.5, 0.6) is 0 Å². The van der Waals surface area contributed by atoms with Gasteiger partial charge in [-0.3, -0.25) is 4.79 Å².